The summed E-state index contributed by atoms with van der Waals surface area (Å²) in [4.78, 5) is 14.8. The van der Waals surface area contributed by atoms with E-state index in [2.05, 4.69) is 9.71 Å². The standard InChI is InChI=1S/C10H17N3O4S/c1-3-17-10(14)5-4-6-12-18(15,16)9-7-13(2)8-11-9/h7-8,12H,3-6H2,1-2H3. The van der Waals surface area contributed by atoms with E-state index in [0.717, 1.165) is 0 Å². The predicted octanol–water partition coefficient (Wildman–Crippen LogP) is 0.0417. The van der Waals surface area contributed by atoms with Gasteiger partial charge in [0.1, 0.15) is 0 Å². The van der Waals surface area contributed by atoms with Gasteiger partial charge in [0.15, 0.2) is 5.03 Å². The number of ether oxygens (including phenoxy) is 1. The summed E-state index contributed by atoms with van der Waals surface area (Å²) in [5.74, 6) is -0.325. The van der Waals surface area contributed by atoms with Crippen LogP contribution in [0.15, 0.2) is 17.6 Å². The van der Waals surface area contributed by atoms with E-state index in [1.54, 1.807) is 18.5 Å². The molecule has 1 rings (SSSR count). The zero-order valence-electron chi connectivity index (χ0n) is 10.4. The predicted molar refractivity (Wildman–Crippen MR) is 64.3 cm³/mol. The number of imidazole rings is 1. The molecule has 1 aromatic rings. The summed E-state index contributed by atoms with van der Waals surface area (Å²) >= 11 is 0. The first-order chi connectivity index (χ1) is 8.45. The second-order valence-corrected chi connectivity index (χ2v) is 5.40. The van der Waals surface area contributed by atoms with Crippen molar-refractivity contribution < 1.29 is 17.9 Å². The van der Waals surface area contributed by atoms with Crippen LogP contribution in [-0.4, -0.2) is 37.1 Å². The number of hydrogen-bond acceptors (Lipinski definition) is 5. The first-order valence-corrected chi connectivity index (χ1v) is 7.07. The Morgan fingerprint density at radius 3 is 2.83 bits per heavy atom. The first-order valence-electron chi connectivity index (χ1n) is 5.59. The number of carbonyl (C=O) groups excluding carboxylic acids is 1. The van der Waals surface area contributed by atoms with Crippen LogP contribution < -0.4 is 4.72 Å². The van der Waals surface area contributed by atoms with Gasteiger partial charge in [-0.15, -0.1) is 0 Å². The van der Waals surface area contributed by atoms with Gasteiger partial charge in [0, 0.05) is 26.2 Å². The van der Waals surface area contributed by atoms with E-state index < -0.39 is 10.0 Å². The molecule has 0 aromatic carbocycles. The third-order valence-electron chi connectivity index (χ3n) is 2.11. The lowest BCUT2D eigenvalue weighted by molar-refractivity contribution is -0.143. The largest absolute Gasteiger partial charge is 0.466 e. The molecule has 7 nitrogen and oxygen atoms in total. The van der Waals surface area contributed by atoms with Gasteiger partial charge in [-0.2, -0.15) is 0 Å². The Hall–Kier alpha value is -1.41. The zero-order chi connectivity index (χ0) is 13.6. The van der Waals surface area contributed by atoms with Crippen molar-refractivity contribution in [1.29, 1.82) is 0 Å². The van der Waals surface area contributed by atoms with Gasteiger partial charge >= 0.3 is 5.97 Å². The highest BCUT2D eigenvalue weighted by molar-refractivity contribution is 7.89. The average Bonchev–Trinajstić information content (AvgIpc) is 2.72. The third kappa shape index (κ3) is 4.46. The Kier molecular flexibility index (Phi) is 5.29. The highest BCUT2D eigenvalue weighted by Crippen LogP contribution is 2.04. The van der Waals surface area contributed by atoms with E-state index in [-0.39, 0.29) is 24.0 Å². The number of esters is 1. The fourth-order valence-electron chi connectivity index (χ4n) is 1.27. The van der Waals surface area contributed by atoms with Gasteiger partial charge in [0.2, 0.25) is 0 Å². The van der Waals surface area contributed by atoms with Crippen molar-refractivity contribution in [2.24, 2.45) is 7.05 Å². The van der Waals surface area contributed by atoms with Crippen LogP contribution in [0, 0.1) is 0 Å². The van der Waals surface area contributed by atoms with E-state index in [4.69, 9.17) is 4.74 Å². The third-order valence-corrected chi connectivity index (χ3v) is 3.46. The monoisotopic (exact) mass is 275 g/mol. The van der Waals surface area contributed by atoms with Crippen molar-refractivity contribution in [3.63, 3.8) is 0 Å². The molecule has 0 aliphatic carbocycles. The van der Waals surface area contributed by atoms with Gasteiger partial charge in [0.05, 0.1) is 12.9 Å². The number of nitrogens with zero attached hydrogens (tertiary/aromatic N) is 2. The van der Waals surface area contributed by atoms with Gasteiger partial charge in [0.25, 0.3) is 10.0 Å². The second-order valence-electron chi connectivity index (χ2n) is 3.68. The normalized spacial score (nSPS) is 11.4. The number of aromatic nitrogens is 2. The van der Waals surface area contributed by atoms with E-state index >= 15 is 0 Å². The molecule has 0 spiro atoms. The molecule has 0 aliphatic heterocycles. The minimum Gasteiger partial charge on any atom is -0.466 e. The van der Waals surface area contributed by atoms with Gasteiger partial charge in [-0.1, -0.05) is 0 Å². The van der Waals surface area contributed by atoms with Crippen molar-refractivity contribution in [2.75, 3.05) is 13.2 Å². The molecule has 8 heteroatoms. The number of sulfonamides is 1. The van der Waals surface area contributed by atoms with Crippen LogP contribution >= 0.6 is 0 Å². The summed E-state index contributed by atoms with van der Waals surface area (Å²) in [6.07, 6.45) is 3.41. The SMILES string of the molecule is CCOC(=O)CCCNS(=O)(=O)c1cn(C)cn1. The zero-order valence-corrected chi connectivity index (χ0v) is 11.2. The molecule has 1 aromatic heterocycles. The number of hydrogen-bond donors (Lipinski definition) is 1. The van der Waals surface area contributed by atoms with Gasteiger partial charge in [-0.25, -0.2) is 18.1 Å². The highest BCUT2D eigenvalue weighted by atomic mass is 32.2. The van der Waals surface area contributed by atoms with Crippen molar-refractivity contribution >= 4 is 16.0 Å². The first kappa shape index (κ1) is 14.7. The molecular formula is C10H17N3O4S. The van der Waals surface area contributed by atoms with E-state index in [1.807, 2.05) is 0 Å². The molecule has 0 bridgehead atoms. The topological polar surface area (TPSA) is 90.3 Å². The number of aryl methyl sites for hydroxylation is 1. The lowest BCUT2D eigenvalue weighted by atomic mass is 10.3. The van der Waals surface area contributed by atoms with Crippen molar-refractivity contribution in [3.05, 3.63) is 12.5 Å². The number of nitrogens with one attached hydrogen (secondary N) is 1. The highest BCUT2D eigenvalue weighted by Gasteiger charge is 2.16. The Balaban J connectivity index is 2.37. The molecule has 1 N–H and O–H groups in total. The maximum Gasteiger partial charge on any atom is 0.305 e. The lowest BCUT2D eigenvalue weighted by Crippen LogP contribution is -2.25. The molecule has 0 aliphatic rings. The molecule has 102 valence electrons. The summed E-state index contributed by atoms with van der Waals surface area (Å²) in [5.41, 5.74) is 0. The summed E-state index contributed by atoms with van der Waals surface area (Å²) < 4.78 is 32.1. The Labute approximate surface area is 106 Å². The Morgan fingerprint density at radius 1 is 1.56 bits per heavy atom. The molecule has 0 atom stereocenters. The Bertz CT molecular complexity index is 495. The molecule has 0 radical (unpaired) electrons. The van der Waals surface area contributed by atoms with E-state index in [9.17, 15) is 13.2 Å². The van der Waals surface area contributed by atoms with Crippen LogP contribution in [0.5, 0.6) is 0 Å². The van der Waals surface area contributed by atoms with Crippen LogP contribution in [0.3, 0.4) is 0 Å². The van der Waals surface area contributed by atoms with Crippen molar-refractivity contribution in [3.8, 4) is 0 Å². The quantitative estimate of drug-likeness (QED) is 0.560. The Morgan fingerprint density at radius 2 is 2.28 bits per heavy atom. The van der Waals surface area contributed by atoms with Gasteiger partial charge < -0.3 is 9.30 Å². The fraction of sp³-hybridized carbons (Fsp3) is 0.600. The summed E-state index contributed by atoms with van der Waals surface area (Å²) in [6, 6.07) is 0. The number of rotatable bonds is 7. The van der Waals surface area contributed by atoms with Gasteiger partial charge in [-0.3, -0.25) is 4.79 Å². The molecule has 18 heavy (non-hydrogen) atoms. The maximum atomic E-state index is 11.7. The van der Waals surface area contributed by atoms with Crippen molar-refractivity contribution in [1.82, 2.24) is 14.3 Å². The van der Waals surface area contributed by atoms with Crippen LogP contribution in [0.25, 0.3) is 0 Å². The summed E-state index contributed by atoms with van der Waals surface area (Å²) in [7, 11) is -1.90. The second kappa shape index (κ2) is 6.50. The minimum atomic E-state index is -3.58. The smallest absolute Gasteiger partial charge is 0.305 e. The van der Waals surface area contributed by atoms with Crippen LogP contribution in [0.2, 0.25) is 0 Å². The molecular weight excluding hydrogens is 258 g/mol. The molecule has 0 amide bonds. The van der Waals surface area contributed by atoms with Crippen molar-refractivity contribution in [2.45, 2.75) is 24.8 Å². The number of carbonyl (C=O) groups is 1. The van der Waals surface area contributed by atoms with Crippen LogP contribution in [0.1, 0.15) is 19.8 Å². The fourth-order valence-corrected chi connectivity index (χ4v) is 2.33. The van der Waals surface area contributed by atoms with E-state index in [0.29, 0.717) is 13.0 Å². The molecule has 0 saturated carbocycles. The molecule has 0 saturated heterocycles. The van der Waals surface area contributed by atoms with E-state index in [1.165, 1.54) is 12.5 Å². The molecule has 0 unspecified atom stereocenters. The summed E-state index contributed by atoms with van der Waals surface area (Å²) in [6.45, 7) is 2.23. The van der Waals surface area contributed by atoms with Gasteiger partial charge in [-0.05, 0) is 13.3 Å². The lowest BCUT2D eigenvalue weighted by Gasteiger charge is -2.04. The maximum absolute atomic E-state index is 11.7. The summed E-state index contributed by atoms with van der Waals surface area (Å²) in [5, 5.41) is -0.0267. The van der Waals surface area contributed by atoms with Crippen LogP contribution in [-0.2, 0) is 26.6 Å². The molecule has 0 fully saturated rings. The minimum absolute atomic E-state index is 0.0267. The molecule has 1 heterocycles. The van der Waals surface area contributed by atoms with Crippen LogP contribution in [0.4, 0.5) is 0 Å². The average molecular weight is 275 g/mol.